The van der Waals surface area contributed by atoms with Gasteiger partial charge in [0.1, 0.15) is 6.79 Å². The molecule has 3 aliphatic carbocycles. The Bertz CT molecular complexity index is 937. The predicted octanol–water partition coefficient (Wildman–Crippen LogP) is 9.62. The molecular weight excluding hydrogens is 484 g/mol. The number of ether oxygens (including phenoxy) is 2. The third-order valence-corrected chi connectivity index (χ3v) is 16.8. The third-order valence-electron chi connectivity index (χ3n) is 12.3. The molecule has 0 radical (unpaired) electrons. The van der Waals surface area contributed by atoms with Crippen LogP contribution in [0, 0.1) is 34.0 Å². The van der Waals surface area contributed by atoms with Crippen molar-refractivity contribution >= 4 is 8.32 Å². The topological polar surface area (TPSA) is 27.7 Å². The SMILES string of the molecule is CC1(C)CCC[C@]2(C)[C@H]3CC[C@](C)(OCOCc4ccccc4)[C@@H](CO[Si](C)(C)C(C)(C)C)[C@]3(C)CC[C@@H]12. The fourth-order valence-electron chi connectivity index (χ4n) is 9.02. The molecule has 0 N–H and O–H groups in total. The summed E-state index contributed by atoms with van der Waals surface area (Å²) in [4.78, 5) is 0. The van der Waals surface area contributed by atoms with E-state index in [1.807, 2.05) is 0 Å². The molecule has 1 aromatic carbocycles. The Balaban J connectivity index is 1.58. The van der Waals surface area contributed by atoms with Gasteiger partial charge in [-0.15, -0.1) is 0 Å². The quantitative estimate of drug-likeness (QED) is 0.186. The minimum absolute atomic E-state index is 0.203. The second-order valence-corrected chi connectivity index (χ2v) is 20.9. The van der Waals surface area contributed by atoms with E-state index in [4.69, 9.17) is 13.9 Å². The minimum Gasteiger partial charge on any atom is -0.416 e. The lowest BCUT2D eigenvalue weighted by molar-refractivity contribution is -0.250. The van der Waals surface area contributed by atoms with Gasteiger partial charge in [0.15, 0.2) is 8.32 Å². The fraction of sp³-hybridized carbons (Fsp3) is 0.824. The van der Waals surface area contributed by atoms with Crippen molar-refractivity contribution in [1.29, 1.82) is 0 Å². The Morgan fingerprint density at radius 3 is 2.16 bits per heavy atom. The van der Waals surface area contributed by atoms with Gasteiger partial charge in [-0.05, 0) is 97.2 Å². The monoisotopic (exact) mass is 542 g/mol. The van der Waals surface area contributed by atoms with Gasteiger partial charge >= 0.3 is 0 Å². The summed E-state index contributed by atoms with van der Waals surface area (Å²) in [5.74, 6) is 1.91. The van der Waals surface area contributed by atoms with Crippen LogP contribution in [0.5, 0.6) is 0 Å². The molecule has 0 aliphatic heterocycles. The summed E-state index contributed by atoms with van der Waals surface area (Å²) in [5, 5.41) is 0.203. The molecule has 0 heterocycles. The molecule has 4 rings (SSSR count). The maximum atomic E-state index is 7.05. The van der Waals surface area contributed by atoms with Crippen molar-refractivity contribution in [3.05, 3.63) is 35.9 Å². The van der Waals surface area contributed by atoms with Gasteiger partial charge in [0.05, 0.1) is 12.2 Å². The molecule has 3 aliphatic rings. The van der Waals surface area contributed by atoms with Gasteiger partial charge in [-0.2, -0.15) is 0 Å². The summed E-state index contributed by atoms with van der Waals surface area (Å²) in [6.45, 7) is 26.4. The molecule has 0 unspecified atom stereocenters. The minimum atomic E-state index is -1.89. The lowest BCUT2D eigenvalue weighted by Crippen LogP contribution is -2.64. The van der Waals surface area contributed by atoms with Crippen molar-refractivity contribution in [2.45, 2.75) is 131 Å². The summed E-state index contributed by atoms with van der Waals surface area (Å²) in [6, 6.07) is 10.4. The normalized spacial score (nSPS) is 37.4. The maximum Gasteiger partial charge on any atom is 0.191 e. The van der Waals surface area contributed by atoms with Crippen molar-refractivity contribution in [3.63, 3.8) is 0 Å². The van der Waals surface area contributed by atoms with Crippen molar-refractivity contribution < 1.29 is 13.9 Å². The van der Waals surface area contributed by atoms with Crippen molar-refractivity contribution in [2.24, 2.45) is 34.0 Å². The second kappa shape index (κ2) is 10.6. The summed E-state index contributed by atoms with van der Waals surface area (Å²) >= 11 is 0. The maximum absolute atomic E-state index is 7.05. The van der Waals surface area contributed by atoms with Crippen LogP contribution in [0.1, 0.15) is 106 Å². The molecule has 3 fully saturated rings. The van der Waals surface area contributed by atoms with Gasteiger partial charge in [0.2, 0.25) is 0 Å². The van der Waals surface area contributed by atoms with Crippen LogP contribution >= 0.6 is 0 Å². The first-order valence-corrected chi connectivity index (χ1v) is 18.4. The third kappa shape index (κ3) is 5.58. The summed E-state index contributed by atoms with van der Waals surface area (Å²) in [7, 11) is -1.89. The van der Waals surface area contributed by atoms with Gasteiger partial charge in [0.25, 0.3) is 0 Å². The van der Waals surface area contributed by atoms with E-state index in [9.17, 15) is 0 Å². The zero-order valence-corrected chi connectivity index (χ0v) is 27.4. The Morgan fingerprint density at radius 1 is 0.842 bits per heavy atom. The Morgan fingerprint density at radius 2 is 1.50 bits per heavy atom. The van der Waals surface area contributed by atoms with Crippen LogP contribution < -0.4 is 0 Å². The molecule has 38 heavy (non-hydrogen) atoms. The van der Waals surface area contributed by atoms with Crippen LogP contribution in [-0.2, 0) is 20.5 Å². The Labute approximate surface area is 235 Å². The molecular formula is C34H58O3Si. The average molecular weight is 543 g/mol. The molecule has 1 aromatic rings. The first-order chi connectivity index (χ1) is 17.6. The first-order valence-electron chi connectivity index (χ1n) is 15.4. The molecule has 0 bridgehead atoms. The van der Waals surface area contributed by atoms with E-state index in [0.29, 0.717) is 30.1 Å². The number of hydrogen-bond donors (Lipinski definition) is 0. The van der Waals surface area contributed by atoms with Gasteiger partial charge < -0.3 is 13.9 Å². The zero-order valence-electron chi connectivity index (χ0n) is 26.4. The van der Waals surface area contributed by atoms with E-state index in [1.165, 1.54) is 44.1 Å². The van der Waals surface area contributed by atoms with E-state index in [1.54, 1.807) is 0 Å². The highest BCUT2D eigenvalue weighted by Gasteiger charge is 2.64. The largest absolute Gasteiger partial charge is 0.416 e. The van der Waals surface area contributed by atoms with Crippen molar-refractivity contribution in [1.82, 2.24) is 0 Å². The smallest absolute Gasteiger partial charge is 0.191 e. The molecule has 0 saturated heterocycles. The number of hydrogen-bond acceptors (Lipinski definition) is 3. The van der Waals surface area contributed by atoms with Gasteiger partial charge in [-0.1, -0.05) is 85.2 Å². The van der Waals surface area contributed by atoms with Gasteiger partial charge in [-0.3, -0.25) is 0 Å². The van der Waals surface area contributed by atoms with E-state index in [0.717, 1.165) is 24.9 Å². The first kappa shape index (κ1) is 30.3. The number of fused-ring (bicyclic) bond motifs is 3. The van der Waals surface area contributed by atoms with Gasteiger partial charge in [0, 0.05) is 12.5 Å². The molecule has 3 nitrogen and oxygen atoms in total. The van der Waals surface area contributed by atoms with Crippen LogP contribution in [0.2, 0.25) is 18.1 Å². The lowest BCUT2D eigenvalue weighted by atomic mass is 9.38. The molecule has 0 spiro atoms. The molecule has 3 saturated carbocycles. The fourth-order valence-corrected chi connectivity index (χ4v) is 10.0. The molecule has 216 valence electrons. The molecule has 6 atom stereocenters. The highest BCUT2D eigenvalue weighted by molar-refractivity contribution is 6.74. The summed E-state index contributed by atoms with van der Waals surface area (Å²) in [6.07, 6.45) is 9.12. The van der Waals surface area contributed by atoms with E-state index in [2.05, 4.69) is 98.8 Å². The summed E-state index contributed by atoms with van der Waals surface area (Å²) < 4.78 is 19.9. The van der Waals surface area contributed by atoms with Crippen LogP contribution in [-0.4, -0.2) is 27.3 Å². The van der Waals surface area contributed by atoms with Crippen LogP contribution in [0.4, 0.5) is 0 Å². The predicted molar refractivity (Wildman–Crippen MR) is 162 cm³/mol. The van der Waals surface area contributed by atoms with Gasteiger partial charge in [-0.25, -0.2) is 0 Å². The summed E-state index contributed by atoms with van der Waals surface area (Å²) in [5.41, 5.74) is 2.03. The van der Waals surface area contributed by atoms with E-state index < -0.39 is 8.32 Å². The standard InChI is InChI=1S/C34H58O3Si/c1-30(2,3)38(9,10)37-24-29-33(7)21-17-27-31(4,5)19-14-20-32(27,6)28(33)18-22-34(29,8)36-25-35-23-26-15-12-11-13-16-26/h11-13,15-16,27-29H,14,17-25H2,1-10H3/t27-,28+,29-,32-,33+,34-/m0/s1. The Kier molecular flexibility index (Phi) is 8.46. The number of rotatable bonds is 8. The van der Waals surface area contributed by atoms with Crippen LogP contribution in [0.15, 0.2) is 30.3 Å². The highest BCUT2D eigenvalue weighted by Crippen LogP contribution is 2.70. The van der Waals surface area contributed by atoms with Crippen LogP contribution in [0.3, 0.4) is 0 Å². The van der Waals surface area contributed by atoms with Crippen LogP contribution in [0.25, 0.3) is 0 Å². The average Bonchev–Trinajstić information content (AvgIpc) is 2.80. The van der Waals surface area contributed by atoms with Crippen molar-refractivity contribution in [2.75, 3.05) is 13.4 Å². The number of benzene rings is 1. The highest BCUT2D eigenvalue weighted by atomic mass is 28.4. The van der Waals surface area contributed by atoms with E-state index in [-0.39, 0.29) is 16.1 Å². The molecule has 0 aromatic heterocycles. The van der Waals surface area contributed by atoms with E-state index >= 15 is 0 Å². The van der Waals surface area contributed by atoms with Crippen molar-refractivity contribution in [3.8, 4) is 0 Å². The zero-order chi connectivity index (χ0) is 28.0. The molecule has 0 amide bonds. The lowest BCUT2D eigenvalue weighted by Gasteiger charge is -2.68. The second-order valence-electron chi connectivity index (χ2n) is 16.1. The molecule has 4 heteroatoms. The Hall–Kier alpha value is -0.683.